The van der Waals surface area contributed by atoms with Crippen LogP contribution in [0.15, 0.2) is 63.5 Å². The van der Waals surface area contributed by atoms with Crippen molar-refractivity contribution in [3.05, 3.63) is 63.5 Å². The molecule has 4 aromatic rings. The highest BCUT2D eigenvalue weighted by atomic mass is 79.9. The normalized spacial score (nSPS) is 15.8. The summed E-state index contributed by atoms with van der Waals surface area (Å²) >= 11 is 6.33. The van der Waals surface area contributed by atoms with Gasteiger partial charge in [0.2, 0.25) is 0 Å². The van der Waals surface area contributed by atoms with Gasteiger partial charge in [-0.05, 0) is 106 Å². The van der Waals surface area contributed by atoms with Crippen LogP contribution in [0.5, 0.6) is 0 Å². The SMILES string of the molecule is Brc1nccs1.CC1(C)OB(c2ccc(N)c(P(C)(C)=O)c2)OC1(C)C.CP(C)(=O)c1cc(-c2nccs2)ccc1N. The van der Waals surface area contributed by atoms with Crippen LogP contribution in [0, 0.1) is 0 Å². The maximum absolute atomic E-state index is 12.3. The summed E-state index contributed by atoms with van der Waals surface area (Å²) in [6.45, 7) is 14.9. The third-order valence-corrected chi connectivity index (χ3v) is 12.1. The monoisotopic (exact) mass is 710 g/mol. The quantitative estimate of drug-likeness (QED) is 0.142. The smallest absolute Gasteiger partial charge is 0.399 e. The maximum Gasteiger partial charge on any atom is 0.494 e. The Hall–Kier alpha value is -1.78. The zero-order chi connectivity index (χ0) is 31.5. The molecule has 0 amide bonds. The summed E-state index contributed by atoms with van der Waals surface area (Å²) in [5, 5.41) is 6.19. The number of anilines is 2. The van der Waals surface area contributed by atoms with E-state index in [-0.39, 0.29) is 11.2 Å². The Morgan fingerprint density at radius 2 is 1.29 bits per heavy atom. The molecule has 0 bridgehead atoms. The Morgan fingerprint density at radius 3 is 1.71 bits per heavy atom. The number of rotatable bonds is 4. The number of nitrogen functional groups attached to an aromatic ring is 2. The maximum atomic E-state index is 12.3. The van der Waals surface area contributed by atoms with Crippen LogP contribution in [-0.2, 0) is 18.4 Å². The summed E-state index contributed by atoms with van der Waals surface area (Å²) in [5.74, 6) is 0. The van der Waals surface area contributed by atoms with Crippen LogP contribution in [-0.4, -0.2) is 54.9 Å². The molecule has 0 radical (unpaired) electrons. The molecule has 2 aromatic carbocycles. The lowest BCUT2D eigenvalue weighted by Crippen LogP contribution is -2.41. The molecule has 4 N–H and O–H groups in total. The fourth-order valence-electron chi connectivity index (χ4n) is 3.87. The molecule has 5 rings (SSSR count). The number of hydrogen-bond acceptors (Lipinski definition) is 10. The van der Waals surface area contributed by atoms with Gasteiger partial charge in [0.15, 0.2) is 3.92 Å². The highest BCUT2D eigenvalue weighted by Gasteiger charge is 2.51. The fourth-order valence-corrected chi connectivity index (χ4v) is 7.60. The molecule has 0 aliphatic carbocycles. The molecule has 42 heavy (non-hydrogen) atoms. The second-order valence-electron chi connectivity index (χ2n) is 11.5. The van der Waals surface area contributed by atoms with E-state index in [1.54, 1.807) is 73.9 Å². The summed E-state index contributed by atoms with van der Waals surface area (Å²) in [4.78, 5) is 8.08. The van der Waals surface area contributed by atoms with Crippen molar-refractivity contribution in [3.63, 3.8) is 0 Å². The number of halogens is 1. The molecule has 8 nitrogen and oxygen atoms in total. The van der Waals surface area contributed by atoms with Crippen molar-refractivity contribution in [2.75, 3.05) is 38.1 Å². The summed E-state index contributed by atoms with van der Waals surface area (Å²) in [5.41, 5.74) is 14.0. The molecule has 1 saturated heterocycles. The lowest BCUT2D eigenvalue weighted by Gasteiger charge is -2.32. The van der Waals surface area contributed by atoms with Gasteiger partial charge in [-0.3, -0.25) is 0 Å². The lowest BCUT2D eigenvalue weighted by atomic mass is 9.79. The minimum absolute atomic E-state index is 0.388. The largest absolute Gasteiger partial charge is 0.494 e. The molecule has 1 fully saturated rings. The molecule has 226 valence electrons. The van der Waals surface area contributed by atoms with E-state index in [1.165, 1.54) is 0 Å². The standard InChI is InChI=1S/C14H23BNO3P.C11H13N2OPS.C3H2BrNS/c1-13(2)14(3,4)19-15(18-13)10-7-8-11(16)12(9-10)20(5,6)17;1-15(2,14)10-7-8(3-4-9(10)12)11-13-5-6-16-11;4-3-5-1-2-6-3/h7-9H,16H2,1-6H3;3-7H,12H2,1-2H3;1-2H. The number of aromatic nitrogens is 2. The molecule has 0 atom stereocenters. The molecule has 0 spiro atoms. The van der Waals surface area contributed by atoms with Gasteiger partial charge in [0.25, 0.3) is 0 Å². The Morgan fingerprint density at radius 1 is 0.786 bits per heavy atom. The van der Waals surface area contributed by atoms with Crippen molar-refractivity contribution >= 4 is 87.5 Å². The molecule has 1 aliphatic rings. The topological polar surface area (TPSA) is 130 Å². The first-order chi connectivity index (χ1) is 19.3. The highest BCUT2D eigenvalue weighted by molar-refractivity contribution is 9.11. The van der Waals surface area contributed by atoms with E-state index in [4.69, 9.17) is 20.8 Å². The molecular weight excluding hydrogens is 673 g/mol. The van der Waals surface area contributed by atoms with Crippen molar-refractivity contribution in [1.29, 1.82) is 0 Å². The molecule has 3 heterocycles. The fraction of sp³-hybridized carbons (Fsp3) is 0.357. The van der Waals surface area contributed by atoms with E-state index < -0.39 is 21.4 Å². The number of hydrogen-bond donors (Lipinski definition) is 2. The first kappa shape index (κ1) is 34.7. The summed E-state index contributed by atoms with van der Waals surface area (Å²) in [6.07, 6.45) is 3.52. The number of nitrogens with two attached hydrogens (primary N) is 2. The second-order valence-corrected chi connectivity index (χ2v) is 20.9. The van der Waals surface area contributed by atoms with Gasteiger partial charge in [0, 0.05) is 50.7 Å². The van der Waals surface area contributed by atoms with Crippen LogP contribution < -0.4 is 27.5 Å². The third-order valence-electron chi connectivity index (χ3n) is 6.85. The van der Waals surface area contributed by atoms with E-state index >= 15 is 0 Å². The van der Waals surface area contributed by atoms with Gasteiger partial charge in [0.05, 0.1) is 11.2 Å². The van der Waals surface area contributed by atoms with Gasteiger partial charge in [-0.15, -0.1) is 22.7 Å². The van der Waals surface area contributed by atoms with Crippen molar-refractivity contribution < 1.29 is 18.4 Å². The van der Waals surface area contributed by atoms with Crippen LogP contribution in [0.4, 0.5) is 11.4 Å². The first-order valence-corrected chi connectivity index (χ1v) is 20.8. The van der Waals surface area contributed by atoms with Crippen molar-refractivity contribution in [1.82, 2.24) is 9.97 Å². The van der Waals surface area contributed by atoms with Crippen LogP contribution in [0.2, 0.25) is 0 Å². The Bertz CT molecular complexity index is 1570. The third kappa shape index (κ3) is 8.88. The average Bonchev–Trinajstić information content (AvgIpc) is 3.61. The highest BCUT2D eigenvalue weighted by Crippen LogP contribution is 2.39. The minimum Gasteiger partial charge on any atom is -0.399 e. The van der Waals surface area contributed by atoms with Crippen molar-refractivity contribution in [2.24, 2.45) is 0 Å². The summed E-state index contributed by atoms with van der Waals surface area (Å²) in [7, 11) is -5.21. The van der Waals surface area contributed by atoms with Gasteiger partial charge in [-0.1, -0.05) is 6.07 Å². The van der Waals surface area contributed by atoms with Crippen molar-refractivity contribution in [2.45, 2.75) is 38.9 Å². The molecule has 2 aromatic heterocycles. The summed E-state index contributed by atoms with van der Waals surface area (Å²) < 4.78 is 37.3. The van der Waals surface area contributed by atoms with E-state index in [0.717, 1.165) is 25.3 Å². The van der Waals surface area contributed by atoms with Crippen LogP contribution >= 0.6 is 52.9 Å². The van der Waals surface area contributed by atoms with Gasteiger partial charge in [-0.25, -0.2) is 9.97 Å². The van der Waals surface area contributed by atoms with Gasteiger partial charge < -0.3 is 29.9 Å². The van der Waals surface area contributed by atoms with Gasteiger partial charge >= 0.3 is 7.12 Å². The van der Waals surface area contributed by atoms with Crippen LogP contribution in [0.3, 0.4) is 0 Å². The zero-order valence-electron chi connectivity index (χ0n) is 25.1. The molecule has 0 saturated carbocycles. The molecular formula is C28H38BBrN4O4P2S2. The van der Waals surface area contributed by atoms with E-state index in [9.17, 15) is 9.13 Å². The average molecular weight is 711 g/mol. The number of thiazole rings is 2. The number of benzene rings is 2. The zero-order valence-corrected chi connectivity index (χ0v) is 30.1. The first-order valence-electron chi connectivity index (χ1n) is 13.0. The van der Waals surface area contributed by atoms with Gasteiger partial charge in [-0.2, -0.15) is 0 Å². The second kappa shape index (κ2) is 13.5. The predicted octanol–water partition coefficient (Wildman–Crippen LogP) is 6.36. The van der Waals surface area contributed by atoms with Gasteiger partial charge in [0.1, 0.15) is 19.3 Å². The molecule has 1 aliphatic heterocycles. The predicted molar refractivity (Wildman–Crippen MR) is 187 cm³/mol. The Labute approximate surface area is 265 Å². The summed E-state index contributed by atoms with van der Waals surface area (Å²) in [6, 6.07) is 11.1. The van der Waals surface area contributed by atoms with E-state index in [0.29, 0.717) is 16.7 Å². The Balaban J connectivity index is 0.000000195. The Kier molecular flexibility index (Phi) is 11.1. The number of nitrogens with zero attached hydrogens (tertiary/aromatic N) is 2. The van der Waals surface area contributed by atoms with Crippen LogP contribution in [0.1, 0.15) is 27.7 Å². The lowest BCUT2D eigenvalue weighted by molar-refractivity contribution is 0.00578. The van der Waals surface area contributed by atoms with Crippen LogP contribution in [0.25, 0.3) is 10.6 Å². The molecule has 14 heteroatoms. The van der Waals surface area contributed by atoms with E-state index in [2.05, 4.69) is 25.9 Å². The minimum atomic E-state index is -2.42. The van der Waals surface area contributed by atoms with E-state index in [1.807, 2.05) is 62.7 Å². The molecule has 0 unspecified atom stereocenters. The van der Waals surface area contributed by atoms with Crippen molar-refractivity contribution in [3.8, 4) is 10.6 Å².